The highest BCUT2D eigenvalue weighted by atomic mass is 32.2. The van der Waals surface area contributed by atoms with Gasteiger partial charge in [-0.15, -0.1) is 10.2 Å². The van der Waals surface area contributed by atoms with Gasteiger partial charge in [0.25, 0.3) is 0 Å². The second-order valence-electron chi connectivity index (χ2n) is 6.20. The fourth-order valence-corrected chi connectivity index (χ4v) is 5.56. The monoisotopic (exact) mass is 358 g/mol. The molecule has 1 atom stereocenters. The van der Waals surface area contributed by atoms with E-state index in [-0.39, 0.29) is 23.5 Å². The van der Waals surface area contributed by atoms with E-state index in [2.05, 4.69) is 20.4 Å². The topological polar surface area (TPSA) is 92.3 Å². The predicted octanol–water partition coefficient (Wildman–Crippen LogP) is 1.25. The number of hydrogen-bond acceptors (Lipinski definition) is 7. The molecular formula is C14H22N4O3S2. The molecule has 128 valence electrons. The number of amides is 1. The largest absolute Gasteiger partial charge is 0.300 e. The fourth-order valence-electron chi connectivity index (χ4n) is 2.87. The molecule has 9 heteroatoms. The molecule has 1 N–H and O–H groups in total. The van der Waals surface area contributed by atoms with Gasteiger partial charge in [-0.2, -0.15) is 0 Å². The van der Waals surface area contributed by atoms with Crippen LogP contribution >= 0.6 is 11.3 Å². The molecule has 0 unspecified atom stereocenters. The molecule has 1 aliphatic carbocycles. The molecule has 1 saturated heterocycles. The van der Waals surface area contributed by atoms with Gasteiger partial charge in [0.2, 0.25) is 11.0 Å². The van der Waals surface area contributed by atoms with Crippen LogP contribution in [0, 0.1) is 0 Å². The number of hydrogen-bond donors (Lipinski definition) is 1. The standard InChI is InChI=1S/C14H22N4O3S2/c1-2-18(11-6-8-23(20,21)9-11)7-5-12(19)15-14-17-16-13(22-14)10-3-4-10/h10-11H,2-9H2,1H3,(H,15,17,19)/t11-/m1/s1. The first kappa shape index (κ1) is 16.8. The average molecular weight is 358 g/mol. The smallest absolute Gasteiger partial charge is 0.227 e. The van der Waals surface area contributed by atoms with E-state index >= 15 is 0 Å². The van der Waals surface area contributed by atoms with Crippen molar-refractivity contribution in [3.8, 4) is 0 Å². The van der Waals surface area contributed by atoms with Crippen molar-refractivity contribution in [2.75, 3.05) is 29.9 Å². The van der Waals surface area contributed by atoms with Gasteiger partial charge < -0.3 is 5.32 Å². The summed E-state index contributed by atoms with van der Waals surface area (Å²) in [5.41, 5.74) is 0. The number of rotatable bonds is 7. The summed E-state index contributed by atoms with van der Waals surface area (Å²) in [5.74, 6) is 0.916. The molecule has 3 rings (SSSR count). The van der Waals surface area contributed by atoms with Crippen LogP contribution in [0.3, 0.4) is 0 Å². The maximum absolute atomic E-state index is 12.1. The molecule has 23 heavy (non-hydrogen) atoms. The minimum Gasteiger partial charge on any atom is -0.300 e. The van der Waals surface area contributed by atoms with E-state index in [1.54, 1.807) is 0 Å². The van der Waals surface area contributed by atoms with Crippen LogP contribution in [0.15, 0.2) is 0 Å². The second-order valence-corrected chi connectivity index (χ2v) is 9.44. The third-order valence-electron chi connectivity index (χ3n) is 4.37. The SMILES string of the molecule is CCN(CCC(=O)Nc1nnc(C2CC2)s1)[C@@H]1CCS(=O)(=O)C1. The van der Waals surface area contributed by atoms with Gasteiger partial charge in [-0.05, 0) is 25.8 Å². The van der Waals surface area contributed by atoms with Crippen molar-refractivity contribution in [3.05, 3.63) is 5.01 Å². The molecule has 1 aromatic rings. The van der Waals surface area contributed by atoms with Crippen LogP contribution in [-0.2, 0) is 14.6 Å². The highest BCUT2D eigenvalue weighted by molar-refractivity contribution is 7.91. The highest BCUT2D eigenvalue weighted by Gasteiger charge is 2.31. The van der Waals surface area contributed by atoms with Crippen LogP contribution in [0.1, 0.15) is 43.5 Å². The van der Waals surface area contributed by atoms with Gasteiger partial charge in [0, 0.05) is 24.9 Å². The zero-order valence-electron chi connectivity index (χ0n) is 13.2. The lowest BCUT2D eigenvalue weighted by Gasteiger charge is -2.26. The van der Waals surface area contributed by atoms with Crippen molar-refractivity contribution in [1.82, 2.24) is 15.1 Å². The number of sulfone groups is 1. The Labute approximate surface area is 140 Å². The molecule has 1 aromatic heterocycles. The zero-order valence-corrected chi connectivity index (χ0v) is 14.8. The molecule has 1 aliphatic heterocycles. The third kappa shape index (κ3) is 4.48. The minimum absolute atomic E-state index is 0.0424. The van der Waals surface area contributed by atoms with Gasteiger partial charge >= 0.3 is 0 Å². The normalized spacial score (nSPS) is 23.3. The van der Waals surface area contributed by atoms with Crippen molar-refractivity contribution < 1.29 is 13.2 Å². The molecule has 1 amide bonds. The van der Waals surface area contributed by atoms with Gasteiger partial charge in [-0.25, -0.2) is 8.42 Å². The van der Waals surface area contributed by atoms with E-state index in [9.17, 15) is 13.2 Å². The first-order valence-corrected chi connectivity index (χ1v) is 10.7. The molecule has 0 bridgehead atoms. The fraction of sp³-hybridized carbons (Fsp3) is 0.786. The molecule has 0 radical (unpaired) electrons. The predicted molar refractivity (Wildman–Crippen MR) is 89.4 cm³/mol. The molecule has 2 fully saturated rings. The average Bonchev–Trinajstić information content (AvgIpc) is 3.15. The number of aromatic nitrogens is 2. The molecule has 2 heterocycles. The lowest BCUT2D eigenvalue weighted by Crippen LogP contribution is -2.38. The first-order chi connectivity index (χ1) is 11.0. The molecule has 0 spiro atoms. The first-order valence-electron chi connectivity index (χ1n) is 8.04. The number of anilines is 1. The van der Waals surface area contributed by atoms with E-state index in [1.165, 1.54) is 24.2 Å². The lowest BCUT2D eigenvalue weighted by molar-refractivity contribution is -0.116. The van der Waals surface area contributed by atoms with Crippen LogP contribution < -0.4 is 5.32 Å². The number of nitrogens with zero attached hydrogens (tertiary/aromatic N) is 3. The number of nitrogens with one attached hydrogen (secondary N) is 1. The lowest BCUT2D eigenvalue weighted by atomic mass is 10.2. The zero-order chi connectivity index (χ0) is 16.4. The Bertz CT molecular complexity index is 669. The maximum Gasteiger partial charge on any atom is 0.227 e. The second kappa shape index (κ2) is 6.82. The van der Waals surface area contributed by atoms with Gasteiger partial charge in [0.1, 0.15) is 5.01 Å². The Hall–Kier alpha value is -1.06. The molecule has 7 nitrogen and oxygen atoms in total. The van der Waals surface area contributed by atoms with E-state index < -0.39 is 9.84 Å². The summed E-state index contributed by atoms with van der Waals surface area (Å²) < 4.78 is 23.2. The Morgan fingerprint density at radius 3 is 2.74 bits per heavy atom. The van der Waals surface area contributed by atoms with Gasteiger partial charge in [0.15, 0.2) is 9.84 Å². The van der Waals surface area contributed by atoms with Crippen molar-refractivity contribution in [1.29, 1.82) is 0 Å². The Morgan fingerprint density at radius 2 is 2.13 bits per heavy atom. The van der Waals surface area contributed by atoms with Crippen LogP contribution in [0.5, 0.6) is 0 Å². The highest BCUT2D eigenvalue weighted by Crippen LogP contribution is 2.42. The number of carbonyl (C=O) groups excluding carboxylic acids is 1. The number of carbonyl (C=O) groups is 1. The summed E-state index contributed by atoms with van der Waals surface area (Å²) in [6, 6.07) is 0.0424. The summed E-state index contributed by atoms with van der Waals surface area (Å²) in [7, 11) is -2.90. The summed E-state index contributed by atoms with van der Waals surface area (Å²) in [4.78, 5) is 14.1. The molecule has 0 aromatic carbocycles. The van der Waals surface area contributed by atoms with Gasteiger partial charge in [0.05, 0.1) is 11.5 Å². The molecule has 2 aliphatic rings. The van der Waals surface area contributed by atoms with E-state index in [0.717, 1.165) is 11.6 Å². The summed E-state index contributed by atoms with van der Waals surface area (Å²) in [6.45, 7) is 3.31. The van der Waals surface area contributed by atoms with E-state index in [1.807, 2.05) is 6.92 Å². The van der Waals surface area contributed by atoms with Gasteiger partial charge in [-0.1, -0.05) is 18.3 Å². The van der Waals surface area contributed by atoms with Crippen LogP contribution in [0.2, 0.25) is 0 Å². The van der Waals surface area contributed by atoms with E-state index in [4.69, 9.17) is 0 Å². The van der Waals surface area contributed by atoms with Gasteiger partial charge in [-0.3, -0.25) is 9.69 Å². The Balaban J connectivity index is 1.47. The summed E-state index contributed by atoms with van der Waals surface area (Å²) in [5, 5.41) is 12.5. The molecule has 1 saturated carbocycles. The van der Waals surface area contributed by atoms with Crippen molar-refractivity contribution in [2.45, 2.75) is 44.6 Å². The summed E-state index contributed by atoms with van der Waals surface area (Å²) in [6.07, 6.45) is 3.33. The quantitative estimate of drug-likeness (QED) is 0.789. The Kier molecular flexibility index (Phi) is 4.98. The van der Waals surface area contributed by atoms with Crippen LogP contribution in [0.4, 0.5) is 5.13 Å². The van der Waals surface area contributed by atoms with Crippen molar-refractivity contribution >= 4 is 32.2 Å². The van der Waals surface area contributed by atoms with Crippen LogP contribution in [0.25, 0.3) is 0 Å². The third-order valence-corrected chi connectivity index (χ3v) is 7.12. The minimum atomic E-state index is -2.90. The van der Waals surface area contributed by atoms with Crippen molar-refractivity contribution in [2.24, 2.45) is 0 Å². The summed E-state index contributed by atoms with van der Waals surface area (Å²) >= 11 is 1.45. The van der Waals surface area contributed by atoms with E-state index in [0.29, 0.717) is 30.4 Å². The maximum atomic E-state index is 12.1. The van der Waals surface area contributed by atoms with Crippen LogP contribution in [-0.4, -0.2) is 60.1 Å². The molecular weight excluding hydrogens is 336 g/mol. The Morgan fingerprint density at radius 1 is 1.35 bits per heavy atom. The van der Waals surface area contributed by atoms with Crippen molar-refractivity contribution in [3.63, 3.8) is 0 Å².